The van der Waals surface area contributed by atoms with Crippen LogP contribution in [0.25, 0.3) is 5.76 Å². The van der Waals surface area contributed by atoms with Crippen LogP contribution in [0.2, 0.25) is 0 Å². The Bertz CT molecular complexity index is 1210. The maximum Gasteiger partial charge on any atom is 0.295 e. The van der Waals surface area contributed by atoms with E-state index in [4.69, 9.17) is 4.74 Å². The fraction of sp³-hybridized carbons (Fsp3) is 0.276. The molecule has 0 spiro atoms. The Kier molecular flexibility index (Phi) is 8.13. The number of nitrogens with zero attached hydrogens (tertiary/aromatic N) is 3. The summed E-state index contributed by atoms with van der Waals surface area (Å²) < 4.78 is 5.83. The summed E-state index contributed by atoms with van der Waals surface area (Å²) in [6.45, 7) is 7.23. The van der Waals surface area contributed by atoms with Gasteiger partial charge in [0, 0.05) is 31.0 Å². The number of carbonyl (C=O) groups excluding carboxylic acids is 2. The lowest BCUT2D eigenvalue weighted by molar-refractivity contribution is -0.140. The molecule has 1 aliphatic heterocycles. The number of hydrogen-bond donors (Lipinski definition) is 1. The predicted octanol–water partition coefficient (Wildman–Crippen LogP) is 4.42. The third kappa shape index (κ3) is 5.47. The molecule has 1 atom stereocenters. The number of pyridine rings is 1. The number of aliphatic hydroxyl groups is 1. The molecule has 1 fully saturated rings. The van der Waals surface area contributed by atoms with Gasteiger partial charge in [0.05, 0.1) is 11.6 Å². The van der Waals surface area contributed by atoms with E-state index >= 15 is 0 Å². The topological polar surface area (TPSA) is 83.0 Å². The number of benzene rings is 2. The summed E-state index contributed by atoms with van der Waals surface area (Å²) >= 11 is 0. The third-order valence-electron chi connectivity index (χ3n) is 6.47. The first-order valence-corrected chi connectivity index (χ1v) is 12.2. The van der Waals surface area contributed by atoms with Gasteiger partial charge in [-0.15, -0.1) is 0 Å². The molecule has 0 radical (unpaired) electrons. The number of amides is 1. The first-order valence-electron chi connectivity index (χ1n) is 12.2. The highest BCUT2D eigenvalue weighted by Crippen LogP contribution is 2.39. The molecule has 186 valence electrons. The van der Waals surface area contributed by atoms with Crippen LogP contribution in [0.5, 0.6) is 5.75 Å². The van der Waals surface area contributed by atoms with Crippen molar-refractivity contribution < 1.29 is 19.4 Å². The first-order chi connectivity index (χ1) is 17.5. The highest BCUT2D eigenvalue weighted by molar-refractivity contribution is 6.46. The molecule has 1 amide bonds. The zero-order valence-electron chi connectivity index (χ0n) is 20.6. The molecule has 4 rings (SSSR count). The highest BCUT2D eigenvalue weighted by atomic mass is 16.5. The average molecular weight is 486 g/mol. The van der Waals surface area contributed by atoms with E-state index in [-0.39, 0.29) is 11.3 Å². The van der Waals surface area contributed by atoms with Crippen molar-refractivity contribution in [1.29, 1.82) is 0 Å². The van der Waals surface area contributed by atoms with E-state index in [9.17, 15) is 14.7 Å². The number of likely N-dealkylation sites (N-methyl/N-ethyl adjacent to an activating group) is 1. The van der Waals surface area contributed by atoms with E-state index in [0.29, 0.717) is 36.6 Å². The molecular formula is C29H31N3O4. The number of ketones is 1. The molecule has 0 saturated carbocycles. The number of rotatable bonds is 10. The summed E-state index contributed by atoms with van der Waals surface area (Å²) in [6.07, 6.45) is 3.27. The minimum Gasteiger partial charge on any atom is -0.507 e. The van der Waals surface area contributed by atoms with Crippen LogP contribution in [-0.2, 0) is 16.2 Å². The van der Waals surface area contributed by atoms with Crippen LogP contribution in [0.15, 0.2) is 84.7 Å². The summed E-state index contributed by atoms with van der Waals surface area (Å²) in [5.41, 5.74) is 2.24. The van der Waals surface area contributed by atoms with Crippen LogP contribution < -0.4 is 4.74 Å². The molecule has 1 saturated heterocycles. The third-order valence-corrected chi connectivity index (χ3v) is 6.47. The van der Waals surface area contributed by atoms with Gasteiger partial charge in [-0.25, -0.2) is 0 Å². The highest BCUT2D eigenvalue weighted by Gasteiger charge is 2.46. The number of ether oxygens (including phenoxy) is 1. The molecule has 1 aromatic heterocycles. The van der Waals surface area contributed by atoms with Gasteiger partial charge in [-0.3, -0.25) is 14.6 Å². The van der Waals surface area contributed by atoms with E-state index in [1.54, 1.807) is 47.6 Å². The summed E-state index contributed by atoms with van der Waals surface area (Å²) in [5.74, 6) is -0.869. The molecule has 0 aliphatic carbocycles. The van der Waals surface area contributed by atoms with Crippen molar-refractivity contribution >= 4 is 17.4 Å². The lowest BCUT2D eigenvalue weighted by atomic mass is 9.96. The SMILES string of the molecule is CCN(CC)CCN1C(=O)C(=O)/C(=C(/O)c2ccc(OCc3ccccc3)cc2)[C@@H]1c1cccnc1. The molecule has 3 aromatic rings. The average Bonchev–Trinajstić information content (AvgIpc) is 3.18. The minimum atomic E-state index is -0.705. The van der Waals surface area contributed by atoms with E-state index in [1.165, 1.54) is 0 Å². The van der Waals surface area contributed by atoms with Crippen molar-refractivity contribution in [1.82, 2.24) is 14.8 Å². The quantitative estimate of drug-likeness (QED) is 0.260. The van der Waals surface area contributed by atoms with Crippen LogP contribution in [-0.4, -0.2) is 57.8 Å². The Labute approximate surface area is 211 Å². The van der Waals surface area contributed by atoms with Gasteiger partial charge in [0.2, 0.25) is 0 Å². The summed E-state index contributed by atoms with van der Waals surface area (Å²) in [4.78, 5) is 34.1. The smallest absolute Gasteiger partial charge is 0.295 e. The molecule has 0 unspecified atom stereocenters. The monoisotopic (exact) mass is 485 g/mol. The van der Waals surface area contributed by atoms with Crippen LogP contribution >= 0.6 is 0 Å². The number of hydrogen-bond acceptors (Lipinski definition) is 6. The predicted molar refractivity (Wildman–Crippen MR) is 138 cm³/mol. The second-order valence-corrected chi connectivity index (χ2v) is 8.60. The Hall–Kier alpha value is -3.97. The molecule has 1 aliphatic rings. The zero-order valence-corrected chi connectivity index (χ0v) is 20.6. The number of aromatic nitrogens is 1. The van der Waals surface area contributed by atoms with Crippen molar-refractivity contribution in [3.63, 3.8) is 0 Å². The molecule has 36 heavy (non-hydrogen) atoms. The molecular weight excluding hydrogens is 454 g/mol. The number of carbonyl (C=O) groups is 2. The van der Waals surface area contributed by atoms with E-state index in [0.717, 1.165) is 18.7 Å². The number of aliphatic hydroxyl groups excluding tert-OH is 1. The van der Waals surface area contributed by atoms with E-state index < -0.39 is 17.7 Å². The summed E-state index contributed by atoms with van der Waals surface area (Å²) in [7, 11) is 0. The van der Waals surface area contributed by atoms with Crippen molar-refractivity contribution in [2.24, 2.45) is 0 Å². The van der Waals surface area contributed by atoms with Crippen LogP contribution in [0.4, 0.5) is 0 Å². The maximum absolute atomic E-state index is 13.2. The minimum absolute atomic E-state index is 0.0745. The second-order valence-electron chi connectivity index (χ2n) is 8.60. The molecule has 2 aromatic carbocycles. The van der Waals surface area contributed by atoms with Gasteiger partial charge in [0.1, 0.15) is 18.1 Å². The molecule has 0 bridgehead atoms. The zero-order chi connectivity index (χ0) is 25.5. The number of likely N-dealkylation sites (tertiary alicyclic amines) is 1. The largest absolute Gasteiger partial charge is 0.507 e. The van der Waals surface area contributed by atoms with Gasteiger partial charge >= 0.3 is 0 Å². The standard InChI is InChI=1S/C29H31N3O4/c1-3-31(4-2)17-18-32-26(23-11-8-16-30-19-23)25(28(34)29(32)35)27(33)22-12-14-24(15-13-22)36-20-21-9-6-5-7-10-21/h5-16,19,26,33H,3-4,17-18,20H2,1-2H3/b27-25+/t26-/m0/s1. The van der Waals surface area contributed by atoms with Crippen LogP contribution in [0, 0.1) is 0 Å². The fourth-order valence-corrected chi connectivity index (χ4v) is 4.39. The second kappa shape index (κ2) is 11.6. The van der Waals surface area contributed by atoms with Crippen LogP contribution in [0.3, 0.4) is 0 Å². The van der Waals surface area contributed by atoms with E-state index in [1.807, 2.05) is 36.4 Å². The maximum atomic E-state index is 13.2. The molecule has 7 heteroatoms. The van der Waals surface area contributed by atoms with Gasteiger partial charge in [-0.2, -0.15) is 0 Å². The van der Waals surface area contributed by atoms with Crippen molar-refractivity contribution in [3.05, 3.63) is 101 Å². The summed E-state index contributed by atoms with van der Waals surface area (Å²) in [6, 6.07) is 19.6. The molecule has 7 nitrogen and oxygen atoms in total. The van der Waals surface area contributed by atoms with E-state index in [2.05, 4.69) is 23.7 Å². The van der Waals surface area contributed by atoms with Gasteiger partial charge in [-0.05, 0) is 54.5 Å². The summed E-state index contributed by atoms with van der Waals surface area (Å²) in [5, 5.41) is 11.2. The number of Topliss-reactive ketones (excluding diaryl/α,β-unsaturated/α-hetero) is 1. The lowest BCUT2D eigenvalue weighted by Crippen LogP contribution is -2.38. The van der Waals surface area contributed by atoms with Gasteiger partial charge in [0.15, 0.2) is 0 Å². The van der Waals surface area contributed by atoms with Crippen LogP contribution in [0.1, 0.15) is 36.6 Å². The fourth-order valence-electron chi connectivity index (χ4n) is 4.39. The Morgan fingerprint density at radius 1 is 1.00 bits per heavy atom. The molecule has 2 heterocycles. The normalized spacial score (nSPS) is 17.1. The van der Waals surface area contributed by atoms with Crippen molar-refractivity contribution in [2.75, 3.05) is 26.2 Å². The first kappa shape index (κ1) is 25.1. The van der Waals surface area contributed by atoms with Gasteiger partial charge in [0.25, 0.3) is 11.7 Å². The van der Waals surface area contributed by atoms with Crippen molar-refractivity contribution in [2.45, 2.75) is 26.5 Å². The Balaban J connectivity index is 1.62. The van der Waals surface area contributed by atoms with Gasteiger partial charge in [-0.1, -0.05) is 50.2 Å². The Morgan fingerprint density at radius 3 is 2.36 bits per heavy atom. The lowest BCUT2D eigenvalue weighted by Gasteiger charge is -2.28. The van der Waals surface area contributed by atoms with Crippen molar-refractivity contribution in [3.8, 4) is 5.75 Å². The van der Waals surface area contributed by atoms with Gasteiger partial charge < -0.3 is 19.6 Å². The molecule has 1 N–H and O–H groups in total. The Morgan fingerprint density at radius 2 is 1.72 bits per heavy atom.